The lowest BCUT2D eigenvalue weighted by atomic mass is 10.1. The maximum Gasteiger partial charge on any atom is 0.335 e. The van der Waals surface area contributed by atoms with Gasteiger partial charge in [-0.3, -0.25) is 4.79 Å². The summed E-state index contributed by atoms with van der Waals surface area (Å²) in [6.45, 7) is -0.0926. The van der Waals surface area contributed by atoms with Gasteiger partial charge >= 0.3 is 5.97 Å². The van der Waals surface area contributed by atoms with Crippen LogP contribution in [0.3, 0.4) is 0 Å². The van der Waals surface area contributed by atoms with Crippen molar-refractivity contribution in [2.45, 2.75) is 19.6 Å². The molecule has 0 saturated carbocycles. The number of carbonyl (C=O) groups is 1. The molecule has 2 N–H and O–H groups in total. The Balaban J connectivity index is 2.24. The van der Waals surface area contributed by atoms with Gasteiger partial charge in [-0.15, -0.1) is 0 Å². The Kier molecular flexibility index (Phi) is 5.24. The number of rotatable bonds is 5. The van der Waals surface area contributed by atoms with E-state index in [0.29, 0.717) is 12.1 Å². The Morgan fingerprint density at radius 3 is 2.32 bits per heavy atom. The van der Waals surface area contributed by atoms with Crippen molar-refractivity contribution in [1.29, 1.82) is 0 Å². The molecule has 2 rings (SSSR count). The SMILES string of the molecule is O=C(O)c1ccc(CCn2c(CO)c(Cl)cc(Cl)c2=O)cc1. The van der Waals surface area contributed by atoms with Gasteiger partial charge in [0.25, 0.3) is 5.56 Å². The summed E-state index contributed by atoms with van der Waals surface area (Å²) in [7, 11) is 0. The van der Waals surface area contributed by atoms with Crippen LogP contribution in [0, 0.1) is 0 Å². The van der Waals surface area contributed by atoms with Crippen LogP contribution >= 0.6 is 23.2 Å². The number of carboxylic acid groups (broad SMARTS) is 1. The average molecular weight is 342 g/mol. The third-order valence-corrected chi connectivity index (χ3v) is 3.88. The second kappa shape index (κ2) is 6.96. The Morgan fingerprint density at radius 1 is 1.14 bits per heavy atom. The summed E-state index contributed by atoms with van der Waals surface area (Å²) in [5.41, 5.74) is 0.940. The van der Waals surface area contributed by atoms with Crippen LogP contribution in [0.25, 0.3) is 0 Å². The Morgan fingerprint density at radius 2 is 1.77 bits per heavy atom. The molecule has 0 aliphatic heterocycles. The van der Waals surface area contributed by atoms with Crippen LogP contribution in [-0.2, 0) is 19.6 Å². The predicted molar refractivity (Wildman–Crippen MR) is 83.8 cm³/mol. The molecule has 22 heavy (non-hydrogen) atoms. The first kappa shape index (κ1) is 16.5. The zero-order valence-corrected chi connectivity index (χ0v) is 12.9. The number of halogens is 2. The van der Waals surface area contributed by atoms with Gasteiger partial charge in [0.1, 0.15) is 5.02 Å². The molecule has 0 saturated heterocycles. The molecule has 0 bridgehead atoms. The summed E-state index contributed by atoms with van der Waals surface area (Å²) in [5.74, 6) is -0.994. The molecule has 0 aliphatic rings. The molecule has 2 aromatic rings. The largest absolute Gasteiger partial charge is 0.478 e. The average Bonchev–Trinajstić information content (AvgIpc) is 2.49. The van der Waals surface area contributed by atoms with Crippen molar-refractivity contribution < 1.29 is 15.0 Å². The summed E-state index contributed by atoms with van der Waals surface area (Å²) in [6, 6.07) is 7.67. The maximum absolute atomic E-state index is 12.0. The smallest absolute Gasteiger partial charge is 0.335 e. The predicted octanol–water partition coefficient (Wildman–Crippen LogP) is 2.59. The molecule has 116 valence electrons. The second-order valence-corrected chi connectivity index (χ2v) is 5.47. The molecule has 1 heterocycles. The molecule has 5 nitrogen and oxygen atoms in total. The first-order valence-corrected chi connectivity index (χ1v) is 7.20. The molecule has 0 radical (unpaired) electrons. The molecule has 0 unspecified atom stereocenters. The maximum atomic E-state index is 12.0. The van der Waals surface area contributed by atoms with E-state index in [4.69, 9.17) is 28.3 Å². The summed E-state index contributed by atoms with van der Waals surface area (Å²) in [6.07, 6.45) is 0.476. The molecular weight excluding hydrogens is 329 g/mol. The van der Waals surface area contributed by atoms with Crippen LogP contribution in [0.2, 0.25) is 10.0 Å². The van der Waals surface area contributed by atoms with Crippen LogP contribution < -0.4 is 5.56 Å². The topological polar surface area (TPSA) is 79.5 Å². The number of aliphatic hydroxyl groups is 1. The highest BCUT2D eigenvalue weighted by Gasteiger charge is 2.12. The first-order valence-electron chi connectivity index (χ1n) is 6.45. The fourth-order valence-corrected chi connectivity index (χ4v) is 2.63. The monoisotopic (exact) mass is 341 g/mol. The minimum Gasteiger partial charge on any atom is -0.478 e. The van der Waals surface area contributed by atoms with Gasteiger partial charge in [0, 0.05) is 6.54 Å². The molecule has 1 aromatic heterocycles. The molecule has 7 heteroatoms. The van der Waals surface area contributed by atoms with E-state index in [2.05, 4.69) is 0 Å². The molecule has 0 fully saturated rings. The highest BCUT2D eigenvalue weighted by Crippen LogP contribution is 2.18. The highest BCUT2D eigenvalue weighted by molar-refractivity contribution is 6.34. The van der Waals surface area contributed by atoms with E-state index in [1.165, 1.54) is 22.8 Å². The Hall–Kier alpha value is -1.82. The molecular formula is C15H13Cl2NO4. The number of nitrogens with zero attached hydrogens (tertiary/aromatic N) is 1. The lowest BCUT2D eigenvalue weighted by Gasteiger charge is -2.13. The van der Waals surface area contributed by atoms with E-state index in [-0.39, 0.29) is 28.8 Å². The number of aryl methyl sites for hydroxylation is 1. The Bertz CT molecular complexity index is 753. The number of aromatic nitrogens is 1. The van der Waals surface area contributed by atoms with Gasteiger partial charge in [-0.1, -0.05) is 35.3 Å². The van der Waals surface area contributed by atoms with Crippen molar-refractivity contribution >= 4 is 29.2 Å². The van der Waals surface area contributed by atoms with Crippen LogP contribution in [0.4, 0.5) is 0 Å². The normalized spacial score (nSPS) is 10.7. The van der Waals surface area contributed by atoms with E-state index in [1.807, 2.05) is 0 Å². The summed E-state index contributed by atoms with van der Waals surface area (Å²) in [4.78, 5) is 22.8. The molecule has 0 atom stereocenters. The minimum absolute atomic E-state index is 0.0107. The van der Waals surface area contributed by atoms with E-state index in [1.54, 1.807) is 12.1 Å². The zero-order chi connectivity index (χ0) is 16.3. The van der Waals surface area contributed by atoms with Crippen LogP contribution in [0.1, 0.15) is 21.6 Å². The minimum atomic E-state index is -0.994. The third kappa shape index (κ3) is 3.50. The van der Waals surface area contributed by atoms with E-state index in [9.17, 15) is 14.7 Å². The van der Waals surface area contributed by atoms with Crippen LogP contribution in [-0.4, -0.2) is 20.7 Å². The van der Waals surface area contributed by atoms with Crippen molar-refractivity contribution in [2.24, 2.45) is 0 Å². The number of aliphatic hydroxyl groups excluding tert-OH is 1. The lowest BCUT2D eigenvalue weighted by molar-refractivity contribution is 0.0697. The lowest BCUT2D eigenvalue weighted by Crippen LogP contribution is -2.25. The van der Waals surface area contributed by atoms with Crippen molar-refractivity contribution in [3.63, 3.8) is 0 Å². The van der Waals surface area contributed by atoms with Crippen molar-refractivity contribution in [3.05, 3.63) is 67.6 Å². The summed E-state index contributed by atoms with van der Waals surface area (Å²) in [5, 5.41) is 18.4. The number of benzene rings is 1. The molecule has 0 amide bonds. The van der Waals surface area contributed by atoms with Crippen molar-refractivity contribution in [1.82, 2.24) is 4.57 Å². The van der Waals surface area contributed by atoms with Crippen LogP contribution in [0.15, 0.2) is 35.1 Å². The van der Waals surface area contributed by atoms with E-state index in [0.717, 1.165) is 5.56 Å². The van der Waals surface area contributed by atoms with Crippen molar-refractivity contribution in [3.8, 4) is 0 Å². The van der Waals surface area contributed by atoms with Gasteiger partial charge in [0.05, 0.1) is 22.9 Å². The first-order chi connectivity index (χ1) is 10.4. The molecule has 0 aliphatic carbocycles. The number of hydrogen-bond acceptors (Lipinski definition) is 3. The summed E-state index contributed by atoms with van der Waals surface area (Å²) < 4.78 is 1.33. The number of pyridine rings is 1. The highest BCUT2D eigenvalue weighted by atomic mass is 35.5. The van der Waals surface area contributed by atoms with Gasteiger partial charge in [0.2, 0.25) is 0 Å². The van der Waals surface area contributed by atoms with Crippen molar-refractivity contribution in [2.75, 3.05) is 0 Å². The fourth-order valence-electron chi connectivity index (χ4n) is 2.09. The second-order valence-electron chi connectivity index (χ2n) is 4.65. The van der Waals surface area contributed by atoms with Gasteiger partial charge in [0.15, 0.2) is 0 Å². The summed E-state index contributed by atoms with van der Waals surface area (Å²) >= 11 is 11.8. The number of aromatic carboxylic acids is 1. The van der Waals surface area contributed by atoms with E-state index < -0.39 is 11.5 Å². The van der Waals surface area contributed by atoms with Gasteiger partial charge in [-0.2, -0.15) is 0 Å². The Labute approximate surface area is 136 Å². The van der Waals surface area contributed by atoms with Gasteiger partial charge in [-0.25, -0.2) is 4.79 Å². The molecule has 1 aromatic carbocycles. The quantitative estimate of drug-likeness (QED) is 0.875. The number of carboxylic acids is 1. The standard InChI is InChI=1S/C15H13Cl2NO4/c16-11-7-12(17)14(20)18(13(11)8-19)6-5-9-1-3-10(4-2-9)15(21)22/h1-4,7,19H,5-6,8H2,(H,21,22). The van der Waals surface area contributed by atoms with Gasteiger partial charge < -0.3 is 14.8 Å². The zero-order valence-electron chi connectivity index (χ0n) is 11.4. The molecule has 0 spiro atoms. The van der Waals surface area contributed by atoms with Crippen LogP contribution in [0.5, 0.6) is 0 Å². The van der Waals surface area contributed by atoms with Gasteiger partial charge in [-0.05, 0) is 30.2 Å². The number of hydrogen-bond donors (Lipinski definition) is 2. The third-order valence-electron chi connectivity index (χ3n) is 3.28. The van der Waals surface area contributed by atoms with E-state index >= 15 is 0 Å². The fraction of sp³-hybridized carbons (Fsp3) is 0.200.